The fourth-order valence-electron chi connectivity index (χ4n) is 3.69. The van der Waals surface area contributed by atoms with Crippen molar-refractivity contribution < 1.29 is 0 Å². The molecule has 8 nitrogen and oxygen atoms in total. The number of benzene rings is 1. The zero-order valence-electron chi connectivity index (χ0n) is 16.4. The minimum absolute atomic E-state index is 0.287. The Morgan fingerprint density at radius 1 is 1.28 bits per heavy atom. The van der Waals surface area contributed by atoms with Crippen LogP contribution >= 0.6 is 0 Å². The van der Waals surface area contributed by atoms with E-state index in [1.54, 1.807) is 12.5 Å². The molecule has 0 radical (unpaired) electrons. The summed E-state index contributed by atoms with van der Waals surface area (Å²) in [6, 6.07) is 8.85. The van der Waals surface area contributed by atoms with E-state index in [1.807, 2.05) is 17.1 Å². The molecule has 0 bridgehead atoms. The van der Waals surface area contributed by atoms with Gasteiger partial charge in [-0.05, 0) is 37.8 Å². The summed E-state index contributed by atoms with van der Waals surface area (Å²) in [4.78, 5) is 21.2. The molecule has 3 aromatic heterocycles. The SMILES string of the molecule is CC(C)n1cc(Nc2nc(N=CC3CCc4ccccc43)c3[nH]cnc3n2)cn1. The normalized spacial score (nSPS) is 16.2. The molecule has 1 aromatic carbocycles. The number of aliphatic imine (C=N–C) groups is 1. The molecule has 8 heteroatoms. The second-order valence-electron chi connectivity index (χ2n) is 7.52. The molecule has 1 unspecified atom stereocenters. The van der Waals surface area contributed by atoms with Crippen molar-refractivity contribution in [3.63, 3.8) is 0 Å². The van der Waals surface area contributed by atoms with E-state index in [9.17, 15) is 0 Å². The summed E-state index contributed by atoms with van der Waals surface area (Å²) < 4.78 is 1.88. The van der Waals surface area contributed by atoms with Crippen LogP contribution in [0.15, 0.2) is 48.0 Å². The van der Waals surface area contributed by atoms with Gasteiger partial charge in [0, 0.05) is 24.4 Å². The van der Waals surface area contributed by atoms with Gasteiger partial charge < -0.3 is 10.3 Å². The Balaban J connectivity index is 1.45. The van der Waals surface area contributed by atoms with Crippen LogP contribution in [-0.4, -0.2) is 35.9 Å². The third kappa shape index (κ3) is 3.37. The van der Waals surface area contributed by atoms with Crippen LogP contribution in [0.1, 0.15) is 43.4 Å². The molecule has 2 N–H and O–H groups in total. The van der Waals surface area contributed by atoms with E-state index in [-0.39, 0.29) is 6.04 Å². The van der Waals surface area contributed by atoms with Crippen molar-refractivity contribution in [1.29, 1.82) is 0 Å². The van der Waals surface area contributed by atoms with E-state index < -0.39 is 0 Å². The lowest BCUT2D eigenvalue weighted by Gasteiger charge is -2.06. The Hall–Kier alpha value is -3.55. The number of rotatable bonds is 5. The molecule has 4 aromatic rings. The zero-order chi connectivity index (χ0) is 19.8. The average Bonchev–Trinajstić information content (AvgIpc) is 3.45. The van der Waals surface area contributed by atoms with E-state index in [0.29, 0.717) is 23.3 Å². The molecule has 29 heavy (non-hydrogen) atoms. The number of nitrogens with zero attached hydrogens (tertiary/aromatic N) is 6. The molecule has 1 atom stereocenters. The maximum Gasteiger partial charge on any atom is 0.231 e. The number of fused-ring (bicyclic) bond motifs is 2. The number of hydrogen-bond donors (Lipinski definition) is 2. The van der Waals surface area contributed by atoms with E-state index in [2.05, 4.69) is 68.5 Å². The van der Waals surface area contributed by atoms with Crippen LogP contribution in [0.25, 0.3) is 11.2 Å². The van der Waals surface area contributed by atoms with Gasteiger partial charge in [-0.25, -0.2) is 9.98 Å². The van der Waals surface area contributed by atoms with Crippen LogP contribution in [-0.2, 0) is 6.42 Å². The van der Waals surface area contributed by atoms with Gasteiger partial charge in [0.1, 0.15) is 5.52 Å². The predicted molar refractivity (Wildman–Crippen MR) is 113 cm³/mol. The predicted octanol–water partition coefficient (Wildman–Crippen LogP) is 4.31. The molecule has 146 valence electrons. The van der Waals surface area contributed by atoms with Crippen molar-refractivity contribution in [2.24, 2.45) is 4.99 Å². The van der Waals surface area contributed by atoms with Gasteiger partial charge in [0.2, 0.25) is 5.95 Å². The first-order valence-corrected chi connectivity index (χ1v) is 9.81. The van der Waals surface area contributed by atoms with E-state index >= 15 is 0 Å². The highest BCUT2D eigenvalue weighted by Gasteiger charge is 2.20. The number of aromatic amines is 1. The lowest BCUT2D eigenvalue weighted by Crippen LogP contribution is -2.00. The summed E-state index contributed by atoms with van der Waals surface area (Å²) in [7, 11) is 0. The van der Waals surface area contributed by atoms with Gasteiger partial charge in [-0.2, -0.15) is 15.1 Å². The zero-order valence-corrected chi connectivity index (χ0v) is 16.4. The minimum Gasteiger partial charge on any atom is -0.340 e. The monoisotopic (exact) mass is 386 g/mol. The molecule has 0 fully saturated rings. The van der Waals surface area contributed by atoms with Gasteiger partial charge in [0.05, 0.1) is 18.2 Å². The molecule has 0 amide bonds. The number of H-pyrrole nitrogens is 1. The van der Waals surface area contributed by atoms with E-state index in [4.69, 9.17) is 4.99 Å². The van der Waals surface area contributed by atoms with Gasteiger partial charge in [-0.3, -0.25) is 4.68 Å². The van der Waals surface area contributed by atoms with Crippen LogP contribution in [0, 0.1) is 0 Å². The fraction of sp³-hybridized carbons (Fsp3) is 0.286. The molecule has 0 spiro atoms. The topological polar surface area (TPSA) is 96.7 Å². The van der Waals surface area contributed by atoms with Crippen molar-refractivity contribution in [3.05, 3.63) is 54.1 Å². The maximum atomic E-state index is 4.72. The molecular weight excluding hydrogens is 364 g/mol. The molecular formula is C21H22N8. The summed E-state index contributed by atoms with van der Waals surface area (Å²) in [5.74, 6) is 1.34. The van der Waals surface area contributed by atoms with Crippen molar-refractivity contribution in [1.82, 2.24) is 29.7 Å². The number of anilines is 2. The summed E-state index contributed by atoms with van der Waals surface area (Å²) >= 11 is 0. The van der Waals surface area contributed by atoms with Crippen LogP contribution in [0.3, 0.4) is 0 Å². The number of imidazole rings is 1. The molecule has 1 aliphatic rings. The molecule has 1 aliphatic carbocycles. The van der Waals surface area contributed by atoms with Gasteiger partial charge in [-0.15, -0.1) is 0 Å². The molecule has 5 rings (SSSR count). The molecule has 0 saturated heterocycles. The summed E-state index contributed by atoms with van der Waals surface area (Å²) in [6.07, 6.45) is 9.46. The smallest absolute Gasteiger partial charge is 0.231 e. The Morgan fingerprint density at radius 2 is 2.17 bits per heavy atom. The van der Waals surface area contributed by atoms with Crippen LogP contribution in [0.2, 0.25) is 0 Å². The number of aromatic nitrogens is 6. The lowest BCUT2D eigenvalue weighted by atomic mass is 10.0. The molecule has 0 saturated carbocycles. The fourth-order valence-corrected chi connectivity index (χ4v) is 3.69. The first-order chi connectivity index (χ1) is 14.2. The minimum atomic E-state index is 0.287. The third-order valence-electron chi connectivity index (χ3n) is 5.21. The second-order valence-corrected chi connectivity index (χ2v) is 7.52. The average molecular weight is 386 g/mol. The Kier molecular flexibility index (Phi) is 4.31. The standard InChI is InChI=1S/C21H22N8/c1-13(2)29-11-16(10-25-29)26-21-27-19(18-20(28-21)24-12-23-18)22-9-15-8-7-14-5-3-4-6-17(14)15/h3-6,9-13,15H,7-8H2,1-2H3,(H2,23,24,26,27,28). The van der Waals surface area contributed by atoms with Gasteiger partial charge >= 0.3 is 0 Å². The number of hydrogen-bond acceptors (Lipinski definition) is 6. The number of nitrogens with one attached hydrogen (secondary N) is 2. The number of aryl methyl sites for hydroxylation is 1. The Labute approximate surface area is 168 Å². The first kappa shape index (κ1) is 17.5. The maximum absolute atomic E-state index is 4.72. The first-order valence-electron chi connectivity index (χ1n) is 9.81. The summed E-state index contributed by atoms with van der Waals surface area (Å²) in [5.41, 5.74) is 4.90. The second kappa shape index (κ2) is 7.12. The van der Waals surface area contributed by atoms with Crippen LogP contribution in [0.4, 0.5) is 17.5 Å². The Bertz CT molecular complexity index is 1190. The van der Waals surface area contributed by atoms with Crippen LogP contribution in [0.5, 0.6) is 0 Å². The highest BCUT2D eigenvalue weighted by Crippen LogP contribution is 2.32. The summed E-state index contributed by atoms with van der Waals surface area (Å²) in [6.45, 7) is 4.16. The van der Waals surface area contributed by atoms with Gasteiger partial charge in [0.15, 0.2) is 11.5 Å². The Morgan fingerprint density at radius 3 is 3.03 bits per heavy atom. The van der Waals surface area contributed by atoms with Gasteiger partial charge in [0.25, 0.3) is 0 Å². The lowest BCUT2D eigenvalue weighted by molar-refractivity contribution is 0.532. The summed E-state index contributed by atoms with van der Waals surface area (Å²) in [5, 5.41) is 7.56. The van der Waals surface area contributed by atoms with E-state index in [1.165, 1.54) is 11.1 Å². The third-order valence-corrected chi connectivity index (χ3v) is 5.21. The van der Waals surface area contributed by atoms with Crippen molar-refractivity contribution in [2.75, 3.05) is 5.32 Å². The quantitative estimate of drug-likeness (QED) is 0.498. The van der Waals surface area contributed by atoms with Gasteiger partial charge in [-0.1, -0.05) is 24.3 Å². The van der Waals surface area contributed by atoms with E-state index in [0.717, 1.165) is 24.0 Å². The molecule has 3 heterocycles. The van der Waals surface area contributed by atoms with Crippen molar-refractivity contribution in [3.8, 4) is 0 Å². The highest BCUT2D eigenvalue weighted by molar-refractivity contribution is 5.85. The molecule has 0 aliphatic heterocycles. The van der Waals surface area contributed by atoms with Crippen molar-refractivity contribution >= 4 is 34.8 Å². The largest absolute Gasteiger partial charge is 0.340 e. The van der Waals surface area contributed by atoms with Crippen LogP contribution < -0.4 is 5.32 Å². The highest BCUT2D eigenvalue weighted by atomic mass is 15.3. The van der Waals surface area contributed by atoms with Crippen molar-refractivity contribution in [2.45, 2.75) is 38.6 Å².